The fourth-order valence-electron chi connectivity index (χ4n) is 3.23. The standard InChI is InChI=1S/C21H18N2O3S/c1-26-16-10-6-14(7-11-16)20-18-4-2-3-5-19(18)23-21(20)15-8-12-17(13-9-15)27(22,24)25/h2-13,23H,1H3,(H2,22,24,25)/i1-1. The smallest absolute Gasteiger partial charge is 0.238 e. The maximum Gasteiger partial charge on any atom is 0.238 e. The van der Waals surface area contributed by atoms with Crippen molar-refractivity contribution in [2.75, 3.05) is 7.11 Å². The molecule has 0 aliphatic carbocycles. The Hall–Kier alpha value is -3.09. The number of hydrogen-bond acceptors (Lipinski definition) is 3. The zero-order valence-electron chi connectivity index (χ0n) is 14.6. The van der Waals surface area contributed by atoms with Gasteiger partial charge in [0.15, 0.2) is 0 Å². The molecule has 0 spiro atoms. The number of primary sulfonamides is 1. The Bertz CT molecular complexity index is 1210. The van der Waals surface area contributed by atoms with Crippen molar-refractivity contribution >= 4 is 20.9 Å². The summed E-state index contributed by atoms with van der Waals surface area (Å²) in [6.07, 6.45) is 0. The van der Waals surface area contributed by atoms with Crippen molar-refractivity contribution in [2.24, 2.45) is 5.14 Å². The van der Waals surface area contributed by atoms with Crippen molar-refractivity contribution in [1.82, 2.24) is 4.98 Å². The molecule has 3 aromatic carbocycles. The molecule has 0 aliphatic rings. The van der Waals surface area contributed by atoms with Crippen LogP contribution >= 0.6 is 0 Å². The van der Waals surface area contributed by atoms with Gasteiger partial charge in [0.1, 0.15) is 5.75 Å². The van der Waals surface area contributed by atoms with Gasteiger partial charge in [-0.15, -0.1) is 0 Å². The summed E-state index contributed by atoms with van der Waals surface area (Å²) in [5, 5.41) is 6.30. The molecule has 5 nitrogen and oxygen atoms in total. The van der Waals surface area contributed by atoms with Crippen molar-refractivity contribution in [3.8, 4) is 28.1 Å². The molecular weight excluding hydrogens is 359 g/mol. The van der Waals surface area contributed by atoms with E-state index in [0.717, 1.165) is 39.0 Å². The van der Waals surface area contributed by atoms with Crippen molar-refractivity contribution in [1.29, 1.82) is 0 Å². The molecule has 4 rings (SSSR count). The van der Waals surface area contributed by atoms with Crippen molar-refractivity contribution < 1.29 is 13.2 Å². The van der Waals surface area contributed by atoms with Gasteiger partial charge >= 0.3 is 0 Å². The summed E-state index contributed by atoms with van der Waals surface area (Å²) < 4.78 is 28.3. The Kier molecular flexibility index (Phi) is 4.22. The second-order valence-electron chi connectivity index (χ2n) is 6.22. The summed E-state index contributed by atoms with van der Waals surface area (Å²) in [6.45, 7) is 0. The second-order valence-corrected chi connectivity index (χ2v) is 7.78. The van der Waals surface area contributed by atoms with Crippen molar-refractivity contribution in [3.63, 3.8) is 0 Å². The number of aromatic amines is 1. The normalized spacial score (nSPS) is 11.6. The average Bonchev–Trinajstić information content (AvgIpc) is 3.07. The van der Waals surface area contributed by atoms with E-state index >= 15 is 0 Å². The number of ether oxygens (including phenoxy) is 1. The number of H-pyrrole nitrogens is 1. The Morgan fingerprint density at radius 1 is 0.852 bits per heavy atom. The number of rotatable bonds is 4. The van der Waals surface area contributed by atoms with Crippen LogP contribution in [0.25, 0.3) is 33.3 Å². The Balaban J connectivity index is 1.92. The van der Waals surface area contributed by atoms with Crippen LogP contribution in [0.3, 0.4) is 0 Å². The highest BCUT2D eigenvalue weighted by Crippen LogP contribution is 2.38. The molecule has 4 aromatic rings. The molecule has 136 valence electrons. The number of benzene rings is 3. The number of aromatic nitrogens is 1. The first-order valence-electron chi connectivity index (χ1n) is 8.36. The summed E-state index contributed by atoms with van der Waals surface area (Å²) in [5.41, 5.74) is 4.90. The van der Waals surface area contributed by atoms with Crippen LogP contribution in [0.1, 0.15) is 0 Å². The van der Waals surface area contributed by atoms with Gasteiger partial charge in [-0.3, -0.25) is 0 Å². The third-order valence-corrected chi connectivity index (χ3v) is 5.49. The predicted molar refractivity (Wildman–Crippen MR) is 107 cm³/mol. The highest BCUT2D eigenvalue weighted by molar-refractivity contribution is 7.89. The summed E-state index contributed by atoms with van der Waals surface area (Å²) in [6, 6.07) is 22.5. The van der Waals surface area contributed by atoms with Gasteiger partial charge in [-0.25, -0.2) is 13.6 Å². The van der Waals surface area contributed by atoms with Crippen LogP contribution in [-0.4, -0.2) is 20.5 Å². The lowest BCUT2D eigenvalue weighted by Crippen LogP contribution is -2.11. The first-order valence-corrected chi connectivity index (χ1v) is 9.90. The van der Waals surface area contributed by atoms with Crippen molar-refractivity contribution in [2.45, 2.75) is 4.90 Å². The molecule has 0 saturated carbocycles. The lowest BCUT2D eigenvalue weighted by atomic mass is 9.98. The topological polar surface area (TPSA) is 85.2 Å². The van der Waals surface area contributed by atoms with Crippen LogP contribution in [0, 0.1) is 0 Å². The van der Waals surface area contributed by atoms with Crippen LogP contribution in [0.4, 0.5) is 0 Å². The minimum atomic E-state index is -3.72. The predicted octanol–water partition coefficient (Wildman–Crippen LogP) is 4.16. The van der Waals surface area contributed by atoms with Crippen LogP contribution < -0.4 is 9.88 Å². The van der Waals surface area contributed by atoms with E-state index in [4.69, 9.17) is 9.88 Å². The van der Waals surface area contributed by atoms with Gasteiger partial charge in [0.2, 0.25) is 10.0 Å². The summed E-state index contributed by atoms with van der Waals surface area (Å²) in [4.78, 5) is 3.54. The van der Waals surface area contributed by atoms with Gasteiger partial charge in [-0.2, -0.15) is 0 Å². The van der Waals surface area contributed by atoms with E-state index < -0.39 is 10.0 Å². The molecule has 1 aromatic heterocycles. The van der Waals surface area contributed by atoms with Gasteiger partial charge in [-0.05, 0) is 41.5 Å². The minimum Gasteiger partial charge on any atom is -0.497 e. The van der Waals surface area contributed by atoms with Gasteiger partial charge < -0.3 is 9.72 Å². The van der Waals surface area contributed by atoms with Crippen LogP contribution in [0.5, 0.6) is 5.75 Å². The van der Waals surface area contributed by atoms with E-state index in [9.17, 15) is 8.42 Å². The molecule has 0 unspecified atom stereocenters. The molecule has 0 atom stereocenters. The zero-order chi connectivity index (χ0) is 19.0. The van der Waals surface area contributed by atoms with E-state index in [1.165, 1.54) is 12.1 Å². The first kappa shape index (κ1) is 17.3. The lowest BCUT2D eigenvalue weighted by molar-refractivity contribution is 0.415. The SMILES string of the molecule is [11CH3]Oc1ccc(-c2c(-c3ccc(S(N)(=O)=O)cc3)[nH]c3ccccc23)cc1. The molecule has 0 radical (unpaired) electrons. The Morgan fingerprint density at radius 2 is 1.48 bits per heavy atom. The van der Waals surface area contributed by atoms with Crippen LogP contribution in [0.2, 0.25) is 0 Å². The molecule has 27 heavy (non-hydrogen) atoms. The largest absolute Gasteiger partial charge is 0.497 e. The van der Waals surface area contributed by atoms with Crippen LogP contribution in [-0.2, 0) is 10.0 Å². The highest BCUT2D eigenvalue weighted by Gasteiger charge is 2.16. The molecule has 0 bridgehead atoms. The molecule has 0 fully saturated rings. The maximum absolute atomic E-state index is 11.5. The molecule has 6 heteroatoms. The Morgan fingerprint density at radius 3 is 2.11 bits per heavy atom. The fraction of sp³-hybridized carbons (Fsp3) is 0.0476. The second kappa shape index (κ2) is 6.57. The quantitative estimate of drug-likeness (QED) is 0.560. The third kappa shape index (κ3) is 3.20. The maximum atomic E-state index is 11.5. The first-order chi connectivity index (χ1) is 13.0. The minimum absolute atomic E-state index is 0.0911. The monoisotopic (exact) mass is 377 g/mol. The molecule has 0 saturated heterocycles. The number of nitrogens with one attached hydrogen (secondary N) is 1. The summed E-state index contributed by atoms with van der Waals surface area (Å²) >= 11 is 0. The Labute approximate surface area is 157 Å². The van der Waals surface area contributed by atoms with E-state index in [1.807, 2.05) is 42.5 Å². The number of methoxy groups -OCH3 is 1. The average molecular weight is 377 g/mol. The zero-order valence-corrected chi connectivity index (χ0v) is 15.5. The number of para-hydroxylation sites is 1. The van der Waals surface area contributed by atoms with Gasteiger partial charge in [0, 0.05) is 16.5 Å². The number of sulfonamides is 1. The van der Waals surface area contributed by atoms with E-state index in [1.54, 1.807) is 19.2 Å². The summed E-state index contributed by atoms with van der Waals surface area (Å²) in [5.74, 6) is 0.789. The highest BCUT2D eigenvalue weighted by atomic mass is 32.2. The lowest BCUT2D eigenvalue weighted by Gasteiger charge is -2.08. The fourth-order valence-corrected chi connectivity index (χ4v) is 3.74. The molecular formula is C21H18N2O3S. The van der Waals surface area contributed by atoms with E-state index in [-0.39, 0.29) is 4.90 Å². The number of nitrogens with two attached hydrogens (primary N) is 1. The van der Waals surface area contributed by atoms with E-state index in [2.05, 4.69) is 11.1 Å². The molecule has 0 amide bonds. The third-order valence-electron chi connectivity index (χ3n) is 4.56. The van der Waals surface area contributed by atoms with Crippen LogP contribution in [0.15, 0.2) is 77.7 Å². The summed E-state index contributed by atoms with van der Waals surface area (Å²) in [7, 11) is -2.08. The molecule has 0 aliphatic heterocycles. The van der Waals surface area contributed by atoms with E-state index in [0.29, 0.717) is 0 Å². The van der Waals surface area contributed by atoms with Crippen molar-refractivity contribution in [3.05, 3.63) is 72.8 Å². The number of hydrogen-bond donors (Lipinski definition) is 2. The number of fused-ring (bicyclic) bond motifs is 1. The van der Waals surface area contributed by atoms with Gasteiger partial charge in [0.25, 0.3) is 0 Å². The molecule has 3 N–H and O–H groups in total. The van der Waals surface area contributed by atoms with Gasteiger partial charge in [0.05, 0.1) is 17.7 Å². The van der Waals surface area contributed by atoms with Gasteiger partial charge in [-0.1, -0.05) is 42.5 Å². The molecule has 1 heterocycles.